The zero-order chi connectivity index (χ0) is 13.4. The molecule has 0 bridgehead atoms. The predicted molar refractivity (Wildman–Crippen MR) is 58.0 cm³/mol. The molecule has 0 radical (unpaired) electrons. The Kier molecular flexibility index (Phi) is 8.38. The molecule has 0 aromatic heterocycles. The summed E-state index contributed by atoms with van der Waals surface area (Å²) < 4.78 is 27.7. The van der Waals surface area contributed by atoms with Crippen LogP contribution in [0.2, 0.25) is 0 Å². The Hall–Kier alpha value is -0.200. The summed E-state index contributed by atoms with van der Waals surface area (Å²) in [4.78, 5) is 20.6. The van der Waals surface area contributed by atoms with Gasteiger partial charge >= 0.3 is 0 Å². The van der Waals surface area contributed by atoms with Crippen LogP contribution in [0.3, 0.4) is 0 Å². The Labute approximate surface area is 108 Å². The molecule has 118 valence electrons. The van der Waals surface area contributed by atoms with Crippen molar-refractivity contribution in [1.82, 2.24) is 12.3 Å². The van der Waals surface area contributed by atoms with Gasteiger partial charge < -0.3 is 51.8 Å². The van der Waals surface area contributed by atoms with Crippen molar-refractivity contribution in [3.05, 3.63) is 0 Å². The number of aliphatic hydroxyl groups excluding tert-OH is 4. The molecule has 0 spiro atoms. The zero-order valence-electron chi connectivity index (χ0n) is 10.4. The summed E-state index contributed by atoms with van der Waals surface area (Å²) in [6.07, 6.45) is -9.97. The minimum atomic E-state index is -5.49. The first kappa shape index (κ1) is 21.1. The van der Waals surface area contributed by atoms with Crippen LogP contribution in [-0.4, -0.2) is 57.0 Å². The highest BCUT2D eigenvalue weighted by molar-refractivity contribution is 7.49. The lowest BCUT2D eigenvalue weighted by Crippen LogP contribution is -2.58. The van der Waals surface area contributed by atoms with Crippen molar-refractivity contribution in [2.45, 2.75) is 43.0 Å². The van der Waals surface area contributed by atoms with Crippen molar-refractivity contribution in [1.29, 1.82) is 0 Å². The number of rotatable bonds is 3. The van der Waals surface area contributed by atoms with E-state index in [1.165, 1.54) is 0 Å². The van der Waals surface area contributed by atoms with E-state index in [0.29, 0.717) is 0 Å². The van der Waals surface area contributed by atoms with Crippen molar-refractivity contribution >= 4 is 7.60 Å². The average molecular weight is 310 g/mol. The Morgan fingerprint density at radius 2 is 1.58 bits per heavy atom. The molecule has 1 aliphatic rings. The molecule has 19 heavy (non-hydrogen) atoms. The number of alkyl halides is 1. The number of hydrogen-bond donors (Lipinski definition) is 6. The van der Waals surface area contributed by atoms with Gasteiger partial charge in [-0.3, -0.25) is 0 Å². The van der Waals surface area contributed by atoms with Crippen LogP contribution in [0.1, 0.15) is 6.42 Å². The van der Waals surface area contributed by atoms with Crippen LogP contribution >= 0.6 is 7.60 Å². The maximum Gasteiger partial charge on any atom is 0.183 e. The van der Waals surface area contributed by atoms with Crippen molar-refractivity contribution < 1.29 is 43.9 Å². The van der Waals surface area contributed by atoms with E-state index in [1.54, 1.807) is 0 Å². The van der Waals surface area contributed by atoms with Crippen molar-refractivity contribution in [3.8, 4) is 0 Å². The number of aliphatic hydroxyl groups is 4. The molecular weight excluding hydrogens is 290 g/mol. The maximum atomic E-state index is 12.9. The maximum absolute atomic E-state index is 12.9. The van der Waals surface area contributed by atoms with E-state index in [0.717, 1.165) is 0 Å². The molecule has 0 amide bonds. The lowest BCUT2D eigenvalue weighted by molar-refractivity contribution is -0.323. The first-order valence-corrected chi connectivity index (χ1v) is 6.29. The van der Waals surface area contributed by atoms with Gasteiger partial charge in [-0.05, 0) is 7.60 Å². The number of ether oxygens (including phenoxy) is 1. The second-order valence-corrected chi connectivity index (χ2v) is 5.39. The van der Waals surface area contributed by atoms with Gasteiger partial charge in [-0.15, -0.1) is 0 Å². The largest absolute Gasteiger partial charge is 0.809 e. The summed E-state index contributed by atoms with van der Waals surface area (Å²) in [5.74, 6) is -2.81. The smallest absolute Gasteiger partial charge is 0.183 e. The lowest BCUT2D eigenvalue weighted by Gasteiger charge is -2.41. The average Bonchev–Trinajstić information content (AvgIpc) is 2.21. The second-order valence-electron chi connectivity index (χ2n) is 3.75. The fraction of sp³-hybridized carbons (Fsp3) is 1.00. The van der Waals surface area contributed by atoms with Crippen LogP contribution in [0, 0.1) is 0 Å². The molecule has 1 fully saturated rings. The molecule has 1 rings (SSSR count). The summed E-state index contributed by atoms with van der Waals surface area (Å²) in [6.45, 7) is 0. The van der Waals surface area contributed by atoms with Crippen molar-refractivity contribution in [2.24, 2.45) is 0 Å². The number of hydrogen-bond acceptors (Lipinski definition) is 8. The molecule has 1 heterocycles. The van der Waals surface area contributed by atoms with Crippen molar-refractivity contribution in [2.75, 3.05) is 0 Å². The molecule has 0 aromatic rings. The third kappa shape index (κ3) is 5.00. The van der Waals surface area contributed by atoms with E-state index < -0.39 is 50.6 Å². The van der Waals surface area contributed by atoms with E-state index in [2.05, 4.69) is 4.74 Å². The number of quaternary nitrogens is 2. The van der Waals surface area contributed by atoms with Crippen LogP contribution < -0.4 is 22.1 Å². The summed E-state index contributed by atoms with van der Waals surface area (Å²) in [5, 5.41) is 36.7. The molecule has 0 saturated carbocycles. The molecule has 0 aliphatic carbocycles. The zero-order valence-corrected chi connectivity index (χ0v) is 11.3. The van der Waals surface area contributed by atoms with Crippen LogP contribution in [0.15, 0.2) is 0 Å². The van der Waals surface area contributed by atoms with Crippen LogP contribution in [0.5, 0.6) is 0 Å². The van der Waals surface area contributed by atoms with E-state index in [4.69, 9.17) is 10.2 Å². The third-order valence-corrected chi connectivity index (χ3v) is 3.35. The van der Waals surface area contributed by atoms with Gasteiger partial charge in [0.2, 0.25) is 0 Å². The Morgan fingerprint density at radius 1 is 1.11 bits per heavy atom. The molecule has 10 nitrogen and oxygen atoms in total. The molecule has 1 saturated heterocycles. The summed E-state index contributed by atoms with van der Waals surface area (Å²) in [5.41, 5.74) is 0. The predicted octanol–water partition coefficient (Wildman–Crippen LogP) is -2.86. The fourth-order valence-electron chi connectivity index (χ4n) is 1.45. The molecule has 1 aliphatic heterocycles. The quantitative estimate of drug-likeness (QED) is 0.296. The van der Waals surface area contributed by atoms with Gasteiger partial charge in [0, 0.05) is 6.42 Å². The van der Waals surface area contributed by atoms with Gasteiger partial charge in [-0.25, -0.2) is 4.39 Å². The minimum absolute atomic E-state index is 0. The van der Waals surface area contributed by atoms with E-state index in [-0.39, 0.29) is 12.3 Å². The first-order chi connectivity index (χ1) is 7.64. The Balaban J connectivity index is 0. The topological polar surface area (TPSA) is 226 Å². The van der Waals surface area contributed by atoms with Gasteiger partial charge in [0.15, 0.2) is 6.29 Å². The SMILES string of the molecule is O=P([O-])([O-])[C@@H](F)C[C@H]1OC(O)[C@H](O)[C@@H](O)[C@@H]1O.[NH4+].[NH4+]. The van der Waals surface area contributed by atoms with Gasteiger partial charge in [0.25, 0.3) is 0 Å². The van der Waals surface area contributed by atoms with Crippen molar-refractivity contribution in [3.63, 3.8) is 0 Å². The minimum Gasteiger partial charge on any atom is -0.809 e. The monoisotopic (exact) mass is 310 g/mol. The fourth-order valence-corrected chi connectivity index (χ4v) is 1.91. The standard InChI is InChI=1S/C7H14FO8P.2H3N/c8-3(17(13,14)15)1-2-4(9)5(10)6(11)7(12)16-2;;/h2-7,9-12H,1H2,(H2,13,14,15);2*1H3/t2-,3-,4-,5+,6-,7?;;/m1../s1. The lowest BCUT2D eigenvalue weighted by atomic mass is 9.97. The van der Waals surface area contributed by atoms with Crippen LogP contribution in [0.4, 0.5) is 4.39 Å². The van der Waals surface area contributed by atoms with Gasteiger partial charge in [0.1, 0.15) is 24.2 Å². The highest BCUT2D eigenvalue weighted by Crippen LogP contribution is 2.37. The van der Waals surface area contributed by atoms with E-state index >= 15 is 0 Å². The van der Waals surface area contributed by atoms with Crippen LogP contribution in [-0.2, 0) is 9.30 Å². The van der Waals surface area contributed by atoms with Crippen LogP contribution in [0.25, 0.3) is 0 Å². The van der Waals surface area contributed by atoms with E-state index in [1.807, 2.05) is 0 Å². The molecule has 1 unspecified atom stereocenters. The highest BCUT2D eigenvalue weighted by atomic mass is 31.2. The summed E-state index contributed by atoms with van der Waals surface area (Å²) in [6, 6.07) is 0. The van der Waals surface area contributed by atoms with Gasteiger partial charge in [0.05, 0.1) is 6.10 Å². The number of halogens is 1. The normalized spacial score (nSPS) is 36.9. The summed E-state index contributed by atoms with van der Waals surface area (Å²) >= 11 is 0. The highest BCUT2D eigenvalue weighted by Gasteiger charge is 2.43. The molecule has 6 atom stereocenters. The van der Waals surface area contributed by atoms with Gasteiger partial charge in [-0.2, -0.15) is 0 Å². The Bertz CT molecular complexity index is 317. The molecular formula is C7H20FN2O8P. The molecule has 12 heteroatoms. The molecule has 12 N–H and O–H groups in total. The first-order valence-electron chi connectivity index (χ1n) is 4.68. The second kappa shape index (κ2) is 7.55. The third-order valence-electron chi connectivity index (χ3n) is 2.46. The van der Waals surface area contributed by atoms with Gasteiger partial charge in [-0.1, -0.05) is 0 Å². The van der Waals surface area contributed by atoms with E-state index in [9.17, 15) is 29.0 Å². The summed E-state index contributed by atoms with van der Waals surface area (Å²) in [7, 11) is -5.49. The Morgan fingerprint density at radius 3 is 2.00 bits per heavy atom. The molecule has 0 aromatic carbocycles.